The Morgan fingerprint density at radius 3 is 2.54 bits per heavy atom. The Labute approximate surface area is 231 Å². The number of allylic oxidation sites excluding steroid dienone is 1. The van der Waals surface area contributed by atoms with Crippen molar-refractivity contribution in [3.63, 3.8) is 0 Å². The fourth-order valence-corrected chi connectivity index (χ4v) is 5.86. The summed E-state index contributed by atoms with van der Waals surface area (Å²) in [5, 5.41) is 3.06. The monoisotopic (exact) mass is 523 g/mol. The van der Waals surface area contributed by atoms with Crippen molar-refractivity contribution in [1.29, 1.82) is 0 Å². The Balaban J connectivity index is 0.00000323. The van der Waals surface area contributed by atoms with Crippen molar-refractivity contribution in [2.24, 2.45) is 0 Å². The van der Waals surface area contributed by atoms with Crippen LogP contribution < -0.4 is 14.8 Å². The Morgan fingerprint density at radius 1 is 0.949 bits per heavy atom. The molecule has 6 rings (SSSR count). The topological polar surface area (TPSA) is 64.6 Å². The molecule has 1 heterocycles. The summed E-state index contributed by atoms with van der Waals surface area (Å²) in [7, 11) is 0. The van der Waals surface area contributed by atoms with Gasteiger partial charge in [0.15, 0.2) is 11.5 Å². The standard InChI is InChI=1S/C34H35NO4.H2/c1-23-7-8-25(20-32(36)34(16-17-34)28-13-14-30-31(21-28)39-22-38-30)19-29(23)26-9-11-27(12-10-26)33(37)35-18-15-24-5-3-2-4-6-24;/h5,7-14,19,21H,2-4,6,15-18,20,22H2,1H3,(H,35,37);1H. The molecule has 3 aromatic carbocycles. The Morgan fingerprint density at radius 2 is 1.77 bits per heavy atom. The first-order valence-electron chi connectivity index (χ1n) is 14.1. The summed E-state index contributed by atoms with van der Waals surface area (Å²) in [5.74, 6) is 1.67. The molecule has 0 spiro atoms. The van der Waals surface area contributed by atoms with Crippen LogP contribution in [0, 0.1) is 6.92 Å². The first-order valence-corrected chi connectivity index (χ1v) is 14.1. The van der Waals surface area contributed by atoms with E-state index in [4.69, 9.17) is 9.47 Å². The number of fused-ring (bicyclic) bond motifs is 1. The number of carbonyl (C=O) groups is 2. The van der Waals surface area contributed by atoms with E-state index in [1.54, 1.807) is 0 Å². The van der Waals surface area contributed by atoms with Crippen molar-refractivity contribution in [1.82, 2.24) is 5.32 Å². The van der Waals surface area contributed by atoms with Gasteiger partial charge in [0.1, 0.15) is 5.78 Å². The van der Waals surface area contributed by atoms with E-state index in [0.717, 1.165) is 65.0 Å². The van der Waals surface area contributed by atoms with Crippen LogP contribution in [0.5, 0.6) is 11.5 Å². The maximum atomic E-state index is 13.5. The fourth-order valence-electron chi connectivity index (χ4n) is 5.86. The number of ether oxygens (including phenoxy) is 2. The van der Waals surface area contributed by atoms with E-state index < -0.39 is 5.41 Å². The van der Waals surface area contributed by atoms with Gasteiger partial charge in [-0.2, -0.15) is 0 Å². The van der Waals surface area contributed by atoms with Gasteiger partial charge in [0.2, 0.25) is 6.79 Å². The molecule has 39 heavy (non-hydrogen) atoms. The van der Waals surface area contributed by atoms with Gasteiger partial charge in [-0.15, -0.1) is 0 Å². The minimum Gasteiger partial charge on any atom is -0.454 e. The fraction of sp³-hybridized carbons (Fsp3) is 0.353. The molecule has 5 heteroatoms. The number of Topliss-reactive ketones (excluding diaryl/α,β-unsaturated/α-hetero) is 1. The number of hydrogen-bond acceptors (Lipinski definition) is 4. The van der Waals surface area contributed by atoms with Crippen LogP contribution in [0.1, 0.15) is 73.4 Å². The van der Waals surface area contributed by atoms with Crippen LogP contribution in [0.15, 0.2) is 72.3 Å². The lowest BCUT2D eigenvalue weighted by molar-refractivity contribution is -0.120. The summed E-state index contributed by atoms with van der Waals surface area (Å²) in [6, 6.07) is 19.9. The van der Waals surface area contributed by atoms with Gasteiger partial charge in [0, 0.05) is 20.0 Å². The number of aryl methyl sites for hydroxylation is 1. The third-order valence-corrected chi connectivity index (χ3v) is 8.45. The normalized spacial score (nSPS) is 16.9. The summed E-state index contributed by atoms with van der Waals surface area (Å²) >= 11 is 0. The molecule has 1 aliphatic heterocycles. The van der Waals surface area contributed by atoms with Crippen molar-refractivity contribution >= 4 is 11.7 Å². The zero-order valence-electron chi connectivity index (χ0n) is 22.6. The highest BCUT2D eigenvalue weighted by Crippen LogP contribution is 2.51. The predicted molar refractivity (Wildman–Crippen MR) is 154 cm³/mol. The summed E-state index contributed by atoms with van der Waals surface area (Å²) in [5.41, 5.74) is 7.01. The highest BCUT2D eigenvalue weighted by molar-refractivity contribution is 5.96. The number of ketones is 1. The van der Waals surface area contributed by atoms with E-state index in [9.17, 15) is 9.59 Å². The largest absolute Gasteiger partial charge is 0.454 e. The molecule has 1 saturated carbocycles. The molecule has 1 fully saturated rings. The van der Waals surface area contributed by atoms with E-state index in [-0.39, 0.29) is 19.9 Å². The summed E-state index contributed by atoms with van der Waals surface area (Å²) in [4.78, 5) is 26.2. The van der Waals surface area contributed by atoms with Gasteiger partial charge >= 0.3 is 0 Å². The van der Waals surface area contributed by atoms with Gasteiger partial charge in [0.05, 0.1) is 5.41 Å². The molecular formula is C34H37NO4. The molecule has 0 unspecified atom stereocenters. The second-order valence-corrected chi connectivity index (χ2v) is 11.1. The molecule has 202 valence electrons. The molecule has 0 saturated heterocycles. The van der Waals surface area contributed by atoms with Crippen LogP contribution >= 0.6 is 0 Å². The first kappa shape index (κ1) is 25.4. The van der Waals surface area contributed by atoms with Crippen molar-refractivity contribution < 1.29 is 20.5 Å². The molecule has 1 amide bonds. The average Bonchev–Trinajstić information content (AvgIpc) is 3.65. The minimum absolute atomic E-state index is 0. The zero-order chi connectivity index (χ0) is 26.8. The third kappa shape index (κ3) is 5.36. The van der Waals surface area contributed by atoms with Crippen LogP contribution in [0.2, 0.25) is 0 Å². The Hall–Kier alpha value is -3.86. The van der Waals surface area contributed by atoms with E-state index in [1.165, 1.54) is 24.8 Å². The number of nitrogens with one attached hydrogen (secondary N) is 1. The quantitative estimate of drug-likeness (QED) is 0.304. The lowest BCUT2D eigenvalue weighted by Gasteiger charge is -2.16. The van der Waals surface area contributed by atoms with Gasteiger partial charge in [-0.1, -0.05) is 48.0 Å². The van der Waals surface area contributed by atoms with Gasteiger partial charge in [-0.05, 0) is 104 Å². The molecule has 0 atom stereocenters. The van der Waals surface area contributed by atoms with Gasteiger partial charge in [0.25, 0.3) is 5.91 Å². The summed E-state index contributed by atoms with van der Waals surface area (Å²) in [6.07, 6.45) is 10.3. The van der Waals surface area contributed by atoms with Crippen molar-refractivity contribution in [2.75, 3.05) is 13.3 Å². The lowest BCUT2D eigenvalue weighted by Crippen LogP contribution is -2.24. The maximum Gasteiger partial charge on any atom is 0.251 e. The number of amides is 1. The van der Waals surface area contributed by atoms with E-state index in [1.807, 2.05) is 42.5 Å². The number of rotatable bonds is 9. The molecule has 3 aliphatic rings. The Kier molecular flexibility index (Phi) is 6.99. The predicted octanol–water partition coefficient (Wildman–Crippen LogP) is 7.10. The molecule has 0 radical (unpaired) electrons. The minimum atomic E-state index is -0.422. The molecule has 1 N–H and O–H groups in total. The second kappa shape index (κ2) is 10.7. The number of hydrogen-bond donors (Lipinski definition) is 1. The van der Waals surface area contributed by atoms with E-state index >= 15 is 0 Å². The van der Waals surface area contributed by atoms with Crippen LogP contribution in [0.3, 0.4) is 0 Å². The van der Waals surface area contributed by atoms with Crippen molar-refractivity contribution in [3.8, 4) is 22.6 Å². The van der Waals surface area contributed by atoms with Crippen LogP contribution in [0.4, 0.5) is 0 Å². The van der Waals surface area contributed by atoms with Gasteiger partial charge < -0.3 is 14.8 Å². The summed E-state index contributed by atoms with van der Waals surface area (Å²) < 4.78 is 11.0. The van der Waals surface area contributed by atoms with Gasteiger partial charge in [-0.3, -0.25) is 9.59 Å². The maximum absolute atomic E-state index is 13.5. The number of carbonyl (C=O) groups excluding carboxylic acids is 2. The first-order chi connectivity index (χ1) is 19.0. The molecule has 3 aromatic rings. The SMILES string of the molecule is Cc1ccc(CC(=O)C2(c3ccc4c(c3)OCO4)CC2)cc1-c1ccc(C(=O)NCCC2=CCCCC2)cc1.[HH]. The molecule has 5 nitrogen and oxygen atoms in total. The third-order valence-electron chi connectivity index (χ3n) is 8.45. The van der Waals surface area contributed by atoms with Crippen molar-refractivity contribution in [2.45, 2.75) is 63.7 Å². The molecule has 0 bridgehead atoms. The van der Waals surface area contributed by atoms with Crippen molar-refractivity contribution in [3.05, 3.63) is 94.6 Å². The van der Waals surface area contributed by atoms with Crippen LogP contribution in [-0.4, -0.2) is 25.0 Å². The molecule has 2 aliphatic carbocycles. The summed E-state index contributed by atoms with van der Waals surface area (Å²) in [6.45, 7) is 2.99. The second-order valence-electron chi connectivity index (χ2n) is 11.1. The highest BCUT2D eigenvalue weighted by atomic mass is 16.7. The zero-order valence-corrected chi connectivity index (χ0v) is 22.6. The number of benzene rings is 3. The van der Waals surface area contributed by atoms with E-state index in [0.29, 0.717) is 18.5 Å². The van der Waals surface area contributed by atoms with Crippen LogP contribution in [-0.2, 0) is 16.6 Å². The Bertz CT molecular complexity index is 1440. The van der Waals surface area contributed by atoms with Gasteiger partial charge in [-0.25, -0.2) is 0 Å². The van der Waals surface area contributed by atoms with Crippen LogP contribution in [0.25, 0.3) is 11.1 Å². The van der Waals surface area contributed by atoms with E-state index in [2.05, 4.69) is 36.5 Å². The lowest BCUT2D eigenvalue weighted by atomic mass is 9.87. The average molecular weight is 524 g/mol. The molecule has 0 aromatic heterocycles. The highest BCUT2D eigenvalue weighted by Gasteiger charge is 2.50. The molecular weight excluding hydrogens is 486 g/mol. The smallest absolute Gasteiger partial charge is 0.251 e.